The third-order valence-electron chi connectivity index (χ3n) is 4.29. The van der Waals surface area contributed by atoms with Gasteiger partial charge in [-0.2, -0.15) is 13.2 Å². The normalized spacial score (nSPS) is 17.0. The molecule has 1 aliphatic rings. The van der Waals surface area contributed by atoms with E-state index in [1.807, 2.05) is 0 Å². The minimum atomic E-state index is -4.47. The van der Waals surface area contributed by atoms with Gasteiger partial charge < -0.3 is 10.4 Å². The van der Waals surface area contributed by atoms with Crippen LogP contribution < -0.4 is 11.0 Å². The highest BCUT2D eigenvalue weighted by atomic mass is 19.4. The molecule has 1 aliphatic heterocycles. The Bertz CT molecular complexity index is 758. The Kier molecular flexibility index (Phi) is 4.20. The Labute approximate surface area is 130 Å². The molecule has 1 saturated heterocycles. The van der Waals surface area contributed by atoms with E-state index in [1.165, 1.54) is 10.6 Å². The number of piperidine rings is 1. The van der Waals surface area contributed by atoms with Crippen molar-refractivity contribution in [2.75, 3.05) is 19.7 Å². The largest absolute Gasteiger partial charge is 0.416 e. The molecule has 8 heteroatoms. The lowest BCUT2D eigenvalue weighted by Gasteiger charge is -2.23. The molecule has 0 saturated carbocycles. The van der Waals surface area contributed by atoms with Gasteiger partial charge in [-0.1, -0.05) is 0 Å². The van der Waals surface area contributed by atoms with E-state index in [4.69, 9.17) is 5.11 Å². The van der Waals surface area contributed by atoms with Gasteiger partial charge in [-0.25, -0.2) is 4.79 Å². The van der Waals surface area contributed by atoms with Crippen LogP contribution in [0, 0.1) is 0 Å². The van der Waals surface area contributed by atoms with Crippen molar-refractivity contribution in [1.82, 2.24) is 14.5 Å². The summed E-state index contributed by atoms with van der Waals surface area (Å²) in [6, 6.07) is 3.31. The van der Waals surface area contributed by atoms with E-state index in [-0.39, 0.29) is 30.4 Å². The highest BCUT2D eigenvalue weighted by molar-refractivity contribution is 5.77. The molecule has 1 fully saturated rings. The first-order valence-electron chi connectivity index (χ1n) is 7.57. The predicted octanol–water partition coefficient (Wildman–Crippen LogP) is 1.74. The van der Waals surface area contributed by atoms with Crippen LogP contribution in [0.2, 0.25) is 0 Å². The summed E-state index contributed by atoms with van der Waals surface area (Å²) in [4.78, 5) is 12.7. The molecular formula is C15H18F3N3O2. The summed E-state index contributed by atoms with van der Waals surface area (Å²) in [6.45, 7) is 1.21. The number of fused-ring (bicyclic) bond motifs is 1. The fourth-order valence-electron chi connectivity index (χ4n) is 3.19. The van der Waals surface area contributed by atoms with Gasteiger partial charge in [0.15, 0.2) is 0 Å². The number of hydrogen-bond acceptors (Lipinski definition) is 3. The number of aromatic nitrogens is 2. The molecule has 0 aliphatic carbocycles. The van der Waals surface area contributed by atoms with Gasteiger partial charge in [0, 0.05) is 6.04 Å². The Morgan fingerprint density at radius 1 is 1.22 bits per heavy atom. The van der Waals surface area contributed by atoms with Gasteiger partial charge in [0.2, 0.25) is 0 Å². The van der Waals surface area contributed by atoms with Gasteiger partial charge >= 0.3 is 11.9 Å². The number of benzene rings is 1. The topological polar surface area (TPSA) is 59.2 Å². The summed E-state index contributed by atoms with van der Waals surface area (Å²) in [5, 5.41) is 12.4. The molecule has 126 valence electrons. The van der Waals surface area contributed by atoms with Crippen molar-refractivity contribution < 1.29 is 18.3 Å². The molecule has 0 bridgehead atoms. The summed E-state index contributed by atoms with van der Waals surface area (Å²) < 4.78 is 41.6. The summed E-state index contributed by atoms with van der Waals surface area (Å²) >= 11 is 0. The van der Waals surface area contributed by atoms with Gasteiger partial charge in [-0.15, -0.1) is 0 Å². The quantitative estimate of drug-likeness (QED) is 0.902. The molecule has 3 rings (SSSR count). The van der Waals surface area contributed by atoms with Crippen molar-refractivity contribution in [2.45, 2.75) is 31.6 Å². The number of aliphatic hydroxyl groups is 1. The van der Waals surface area contributed by atoms with Gasteiger partial charge in [-0.3, -0.25) is 9.13 Å². The maximum absolute atomic E-state index is 12.9. The van der Waals surface area contributed by atoms with Crippen LogP contribution in [0.15, 0.2) is 23.0 Å². The zero-order valence-corrected chi connectivity index (χ0v) is 12.4. The number of aliphatic hydroxyl groups excluding tert-OH is 1. The van der Waals surface area contributed by atoms with E-state index in [0.29, 0.717) is 5.52 Å². The van der Waals surface area contributed by atoms with Crippen molar-refractivity contribution in [3.63, 3.8) is 0 Å². The van der Waals surface area contributed by atoms with Crippen molar-refractivity contribution >= 4 is 11.0 Å². The number of alkyl halides is 3. The third-order valence-corrected chi connectivity index (χ3v) is 4.29. The lowest BCUT2D eigenvalue weighted by molar-refractivity contribution is -0.137. The first-order chi connectivity index (χ1) is 10.9. The highest BCUT2D eigenvalue weighted by Crippen LogP contribution is 2.32. The van der Waals surface area contributed by atoms with Crippen molar-refractivity contribution in [2.24, 2.45) is 0 Å². The molecular weight excluding hydrogens is 311 g/mol. The standard InChI is InChI=1S/C15H18F3N3O2/c16-15(17,18)10-1-2-12-13(9-10)20(7-8-22)14(23)21(12)11-3-5-19-6-4-11/h1-2,9,11,19,22H,3-8H2. The predicted molar refractivity (Wildman–Crippen MR) is 79.4 cm³/mol. The lowest BCUT2D eigenvalue weighted by atomic mass is 10.1. The highest BCUT2D eigenvalue weighted by Gasteiger charge is 2.32. The van der Waals surface area contributed by atoms with Crippen molar-refractivity contribution in [3.8, 4) is 0 Å². The van der Waals surface area contributed by atoms with E-state index in [1.54, 1.807) is 4.57 Å². The number of nitrogens with one attached hydrogen (secondary N) is 1. The summed E-state index contributed by atoms with van der Waals surface area (Å²) in [5.41, 5.74) is -0.444. The lowest BCUT2D eigenvalue weighted by Crippen LogP contribution is -2.35. The summed E-state index contributed by atoms with van der Waals surface area (Å²) in [7, 11) is 0. The van der Waals surface area contributed by atoms with Crippen LogP contribution in [0.5, 0.6) is 0 Å². The molecule has 23 heavy (non-hydrogen) atoms. The minimum absolute atomic E-state index is 0.0192. The van der Waals surface area contributed by atoms with Crippen molar-refractivity contribution in [3.05, 3.63) is 34.2 Å². The molecule has 0 radical (unpaired) electrons. The maximum atomic E-state index is 12.9. The van der Waals surface area contributed by atoms with E-state index in [2.05, 4.69) is 5.32 Å². The zero-order valence-electron chi connectivity index (χ0n) is 12.4. The van der Waals surface area contributed by atoms with Crippen LogP contribution in [0.3, 0.4) is 0 Å². The molecule has 0 amide bonds. The van der Waals surface area contributed by atoms with Crippen molar-refractivity contribution in [1.29, 1.82) is 0 Å². The first kappa shape index (κ1) is 16.1. The van der Waals surface area contributed by atoms with E-state index < -0.39 is 11.7 Å². The number of hydrogen-bond donors (Lipinski definition) is 2. The van der Waals surface area contributed by atoms with E-state index in [0.717, 1.165) is 38.1 Å². The molecule has 5 nitrogen and oxygen atoms in total. The molecule has 0 spiro atoms. The fraction of sp³-hybridized carbons (Fsp3) is 0.533. The number of rotatable bonds is 3. The Morgan fingerprint density at radius 2 is 1.91 bits per heavy atom. The fourth-order valence-corrected chi connectivity index (χ4v) is 3.19. The second-order valence-electron chi connectivity index (χ2n) is 5.71. The van der Waals surface area contributed by atoms with E-state index >= 15 is 0 Å². The summed E-state index contributed by atoms with van der Waals surface area (Å²) in [6.07, 6.45) is -2.97. The molecule has 1 aromatic carbocycles. The van der Waals surface area contributed by atoms with Crippen LogP contribution in [0.25, 0.3) is 11.0 Å². The zero-order chi connectivity index (χ0) is 16.6. The number of imidazole rings is 1. The van der Waals surface area contributed by atoms with Crippen LogP contribution in [-0.4, -0.2) is 33.9 Å². The Morgan fingerprint density at radius 3 is 2.52 bits per heavy atom. The minimum Gasteiger partial charge on any atom is -0.395 e. The molecule has 0 atom stereocenters. The first-order valence-corrected chi connectivity index (χ1v) is 7.57. The van der Waals surface area contributed by atoms with Crippen LogP contribution in [-0.2, 0) is 12.7 Å². The monoisotopic (exact) mass is 329 g/mol. The van der Waals surface area contributed by atoms with Gasteiger partial charge in [0.05, 0.1) is 29.7 Å². The molecule has 0 unspecified atom stereocenters. The average molecular weight is 329 g/mol. The smallest absolute Gasteiger partial charge is 0.395 e. The van der Waals surface area contributed by atoms with Crippen LogP contribution in [0.1, 0.15) is 24.4 Å². The number of nitrogens with zero attached hydrogens (tertiary/aromatic N) is 2. The second kappa shape index (κ2) is 6.01. The average Bonchev–Trinajstić information content (AvgIpc) is 2.79. The van der Waals surface area contributed by atoms with Gasteiger partial charge in [-0.05, 0) is 44.1 Å². The summed E-state index contributed by atoms with van der Waals surface area (Å²) in [5.74, 6) is 0. The van der Waals surface area contributed by atoms with E-state index in [9.17, 15) is 18.0 Å². The number of halogens is 3. The molecule has 2 heterocycles. The molecule has 1 aromatic heterocycles. The Balaban J connectivity index is 2.20. The second-order valence-corrected chi connectivity index (χ2v) is 5.71. The SMILES string of the molecule is O=c1n(CCO)c2cc(C(F)(F)F)ccc2n1C1CCNCC1. The Hall–Kier alpha value is -1.80. The van der Waals surface area contributed by atoms with Gasteiger partial charge in [0.1, 0.15) is 0 Å². The molecule has 2 aromatic rings. The third kappa shape index (κ3) is 2.88. The maximum Gasteiger partial charge on any atom is 0.416 e. The van der Waals surface area contributed by atoms with Crippen LogP contribution >= 0.6 is 0 Å². The van der Waals surface area contributed by atoms with Gasteiger partial charge in [0.25, 0.3) is 0 Å². The van der Waals surface area contributed by atoms with Crippen LogP contribution in [0.4, 0.5) is 13.2 Å². The molecule has 2 N–H and O–H groups in total.